The highest BCUT2D eigenvalue weighted by atomic mass is 19.1. The predicted molar refractivity (Wildman–Crippen MR) is 124 cm³/mol. The van der Waals surface area contributed by atoms with Crippen molar-refractivity contribution < 1.29 is 4.39 Å². The monoisotopic (exact) mass is 421 g/mol. The quantitative estimate of drug-likeness (QED) is 0.310. The lowest BCUT2D eigenvalue weighted by Gasteiger charge is -2.06. The summed E-state index contributed by atoms with van der Waals surface area (Å²) < 4.78 is 13.6. The largest absolute Gasteiger partial charge is 0.361 e. The van der Waals surface area contributed by atoms with Gasteiger partial charge in [0.05, 0.1) is 17.9 Å². The van der Waals surface area contributed by atoms with Gasteiger partial charge in [0.2, 0.25) is 0 Å². The molecule has 0 saturated heterocycles. The molecule has 0 fully saturated rings. The van der Waals surface area contributed by atoms with E-state index in [9.17, 15) is 4.39 Å². The van der Waals surface area contributed by atoms with Crippen LogP contribution in [0.5, 0.6) is 0 Å². The molecule has 0 aliphatic heterocycles. The minimum absolute atomic E-state index is 0.281. The molecule has 0 saturated carbocycles. The summed E-state index contributed by atoms with van der Waals surface area (Å²) in [4.78, 5) is 12.3. The van der Waals surface area contributed by atoms with Crippen molar-refractivity contribution >= 4 is 16.9 Å². The molecule has 0 amide bonds. The van der Waals surface area contributed by atoms with E-state index < -0.39 is 0 Å². The van der Waals surface area contributed by atoms with Gasteiger partial charge in [-0.15, -0.1) is 5.11 Å². The van der Waals surface area contributed by atoms with E-state index in [1.54, 1.807) is 6.07 Å². The van der Waals surface area contributed by atoms with Crippen LogP contribution in [0.3, 0.4) is 0 Å². The second kappa shape index (κ2) is 8.51. The molecule has 3 aromatic carbocycles. The number of aromatic amines is 1. The summed E-state index contributed by atoms with van der Waals surface area (Å²) in [5.74, 6) is 0.00451. The van der Waals surface area contributed by atoms with Crippen molar-refractivity contribution in [1.82, 2.24) is 15.0 Å². The van der Waals surface area contributed by atoms with Gasteiger partial charge >= 0.3 is 0 Å². The van der Waals surface area contributed by atoms with Gasteiger partial charge in [-0.25, -0.2) is 14.4 Å². The van der Waals surface area contributed by atoms with Crippen LogP contribution in [0.15, 0.2) is 95.3 Å². The molecular formula is C26H20FN5. The molecule has 5 rings (SSSR count). The molecule has 2 heterocycles. The maximum absolute atomic E-state index is 13.6. The molecule has 2 aromatic heterocycles. The van der Waals surface area contributed by atoms with Crippen LogP contribution in [0.1, 0.15) is 11.1 Å². The third-order valence-electron chi connectivity index (χ3n) is 5.26. The first-order valence-corrected chi connectivity index (χ1v) is 10.3. The van der Waals surface area contributed by atoms with E-state index in [-0.39, 0.29) is 11.8 Å². The lowest BCUT2D eigenvalue weighted by Crippen LogP contribution is -1.91. The van der Waals surface area contributed by atoms with Crippen molar-refractivity contribution in [2.45, 2.75) is 13.5 Å². The van der Waals surface area contributed by atoms with E-state index in [1.807, 2.05) is 54.7 Å². The van der Waals surface area contributed by atoms with Gasteiger partial charge in [0.15, 0.2) is 0 Å². The standard InChI is InChI=1S/C26H20FN5/c1-17-7-9-19(10-8-17)25-14-24(18-5-3-2-4-6-18)30-26(31-25)32-29-16-20-15-28-23-12-11-21(27)13-22(20)23/h2-15,28H,16H2,1H3. The van der Waals surface area contributed by atoms with Crippen LogP contribution < -0.4 is 0 Å². The Labute approximate surface area is 184 Å². The van der Waals surface area contributed by atoms with E-state index >= 15 is 0 Å². The fourth-order valence-electron chi connectivity index (χ4n) is 3.56. The molecule has 0 bridgehead atoms. The van der Waals surface area contributed by atoms with Gasteiger partial charge in [-0.3, -0.25) is 0 Å². The van der Waals surface area contributed by atoms with E-state index in [0.717, 1.165) is 39.0 Å². The molecule has 0 atom stereocenters. The Bertz CT molecular complexity index is 1410. The second-order valence-electron chi connectivity index (χ2n) is 7.57. The smallest absolute Gasteiger partial charge is 0.269 e. The second-order valence-corrected chi connectivity index (χ2v) is 7.57. The van der Waals surface area contributed by atoms with E-state index in [1.165, 1.54) is 17.7 Å². The van der Waals surface area contributed by atoms with Crippen molar-refractivity contribution in [1.29, 1.82) is 0 Å². The Kier molecular flexibility index (Phi) is 5.25. The Balaban J connectivity index is 1.50. The number of aromatic nitrogens is 3. The van der Waals surface area contributed by atoms with Crippen LogP contribution in [-0.4, -0.2) is 15.0 Å². The molecule has 0 aliphatic rings. The van der Waals surface area contributed by atoms with Gasteiger partial charge in [0.1, 0.15) is 5.82 Å². The Morgan fingerprint density at radius 2 is 1.56 bits per heavy atom. The zero-order valence-electron chi connectivity index (χ0n) is 17.5. The van der Waals surface area contributed by atoms with E-state index in [4.69, 9.17) is 0 Å². The molecule has 0 spiro atoms. The van der Waals surface area contributed by atoms with Crippen molar-refractivity contribution in [3.8, 4) is 22.5 Å². The summed E-state index contributed by atoms with van der Waals surface area (Å²) in [6.45, 7) is 2.34. The number of fused-ring (bicyclic) bond motifs is 1. The normalized spacial score (nSPS) is 11.4. The van der Waals surface area contributed by atoms with E-state index in [2.05, 4.69) is 44.2 Å². The zero-order valence-corrected chi connectivity index (χ0v) is 17.5. The van der Waals surface area contributed by atoms with Crippen molar-refractivity contribution in [3.63, 3.8) is 0 Å². The number of nitrogens with one attached hydrogen (secondary N) is 1. The average Bonchev–Trinajstić information content (AvgIpc) is 3.22. The van der Waals surface area contributed by atoms with Gasteiger partial charge in [-0.1, -0.05) is 60.2 Å². The fraction of sp³-hybridized carbons (Fsp3) is 0.0769. The van der Waals surface area contributed by atoms with Gasteiger partial charge in [0, 0.05) is 33.8 Å². The molecule has 5 aromatic rings. The number of nitrogens with zero attached hydrogens (tertiary/aromatic N) is 4. The summed E-state index contributed by atoms with van der Waals surface area (Å²) >= 11 is 0. The van der Waals surface area contributed by atoms with Gasteiger partial charge < -0.3 is 4.98 Å². The fourth-order valence-corrected chi connectivity index (χ4v) is 3.56. The SMILES string of the molecule is Cc1ccc(-c2cc(-c3ccccc3)nc(N=NCc3c[nH]c4ccc(F)cc34)n2)cc1. The third-order valence-corrected chi connectivity index (χ3v) is 5.26. The Morgan fingerprint density at radius 3 is 2.31 bits per heavy atom. The first kappa shape index (κ1) is 19.8. The summed E-state index contributed by atoms with van der Waals surface area (Å²) in [6.07, 6.45) is 1.82. The van der Waals surface area contributed by atoms with Crippen molar-refractivity contribution in [2.24, 2.45) is 10.2 Å². The van der Waals surface area contributed by atoms with Crippen molar-refractivity contribution in [3.05, 3.63) is 102 Å². The van der Waals surface area contributed by atoms with Crippen LogP contribution in [-0.2, 0) is 6.54 Å². The molecule has 0 aliphatic carbocycles. The number of aryl methyl sites for hydroxylation is 1. The lowest BCUT2D eigenvalue weighted by atomic mass is 10.1. The minimum atomic E-state index is -0.281. The first-order chi connectivity index (χ1) is 15.7. The highest BCUT2D eigenvalue weighted by molar-refractivity contribution is 5.83. The summed E-state index contributed by atoms with van der Waals surface area (Å²) in [7, 11) is 0. The molecular weight excluding hydrogens is 401 g/mol. The van der Waals surface area contributed by atoms with E-state index in [0.29, 0.717) is 6.54 Å². The maximum Gasteiger partial charge on any atom is 0.269 e. The maximum atomic E-state index is 13.6. The zero-order chi connectivity index (χ0) is 21.9. The summed E-state index contributed by atoms with van der Waals surface area (Å²) in [5, 5.41) is 9.40. The summed E-state index contributed by atoms with van der Waals surface area (Å²) in [6, 6.07) is 24.7. The third kappa shape index (κ3) is 4.16. The van der Waals surface area contributed by atoms with Gasteiger partial charge in [-0.2, -0.15) is 5.11 Å². The first-order valence-electron chi connectivity index (χ1n) is 10.3. The Morgan fingerprint density at radius 1 is 0.844 bits per heavy atom. The number of hydrogen-bond acceptors (Lipinski definition) is 4. The van der Waals surface area contributed by atoms with Crippen LogP contribution in [0.25, 0.3) is 33.4 Å². The highest BCUT2D eigenvalue weighted by Crippen LogP contribution is 2.27. The van der Waals surface area contributed by atoms with Crippen molar-refractivity contribution in [2.75, 3.05) is 0 Å². The molecule has 5 nitrogen and oxygen atoms in total. The number of hydrogen-bond donors (Lipinski definition) is 1. The van der Waals surface area contributed by atoms with Gasteiger partial charge in [0.25, 0.3) is 5.95 Å². The molecule has 0 radical (unpaired) electrons. The van der Waals surface area contributed by atoms with Gasteiger partial charge in [-0.05, 0) is 31.2 Å². The Hall–Kier alpha value is -4.19. The van der Waals surface area contributed by atoms with Crippen LogP contribution in [0.4, 0.5) is 10.3 Å². The average molecular weight is 421 g/mol. The van der Waals surface area contributed by atoms with Crippen LogP contribution in [0, 0.1) is 12.7 Å². The molecule has 6 heteroatoms. The van der Waals surface area contributed by atoms with Crippen LogP contribution in [0.2, 0.25) is 0 Å². The summed E-state index contributed by atoms with van der Waals surface area (Å²) in [5.41, 5.74) is 6.43. The number of benzene rings is 3. The number of halogens is 1. The topological polar surface area (TPSA) is 66.3 Å². The lowest BCUT2D eigenvalue weighted by molar-refractivity contribution is 0.629. The number of azo groups is 1. The predicted octanol–water partition coefficient (Wildman–Crippen LogP) is 7.02. The number of H-pyrrole nitrogens is 1. The number of rotatable bonds is 5. The molecule has 1 N–H and O–H groups in total. The minimum Gasteiger partial charge on any atom is -0.361 e. The molecule has 32 heavy (non-hydrogen) atoms. The molecule has 0 unspecified atom stereocenters. The van der Waals surface area contributed by atoms with Crippen LogP contribution >= 0.6 is 0 Å². The highest BCUT2D eigenvalue weighted by Gasteiger charge is 2.09. The molecule has 156 valence electrons.